The fraction of sp³-hybridized carbons (Fsp3) is 0.245. The van der Waals surface area contributed by atoms with Gasteiger partial charge >= 0.3 is 0 Å². The maximum Gasteiger partial charge on any atom is 0.158 e. The van der Waals surface area contributed by atoms with E-state index < -0.39 is 10.8 Å². The number of hydrogen-bond donors (Lipinski definition) is 3. The van der Waals surface area contributed by atoms with Gasteiger partial charge in [0.1, 0.15) is 0 Å². The maximum atomic E-state index is 11.2. The van der Waals surface area contributed by atoms with Crippen molar-refractivity contribution in [2.24, 2.45) is 31.6 Å². The average molecular weight is 796 g/mol. The van der Waals surface area contributed by atoms with Crippen LogP contribution >= 0.6 is 0 Å². The van der Waals surface area contributed by atoms with Crippen LogP contribution in [0.25, 0.3) is 0 Å². The lowest BCUT2D eigenvalue weighted by atomic mass is 9.52. The van der Waals surface area contributed by atoms with Gasteiger partial charge in [-0.1, -0.05) is 78.9 Å². The number of anilines is 5. The van der Waals surface area contributed by atoms with Gasteiger partial charge in [-0.05, 0) is 158 Å². The van der Waals surface area contributed by atoms with E-state index >= 15 is 0 Å². The van der Waals surface area contributed by atoms with Crippen molar-refractivity contribution >= 4 is 62.8 Å². The van der Waals surface area contributed by atoms with E-state index in [4.69, 9.17) is 15.7 Å². The van der Waals surface area contributed by atoms with E-state index in [-0.39, 0.29) is 22.4 Å². The van der Waals surface area contributed by atoms with Crippen LogP contribution in [0.2, 0.25) is 0 Å². The molecule has 7 nitrogen and oxygen atoms in total. The number of carbonyl (C=O) groups is 2. The first-order valence-corrected chi connectivity index (χ1v) is 20.5. The monoisotopic (exact) mass is 795 g/mol. The van der Waals surface area contributed by atoms with Crippen molar-refractivity contribution < 1.29 is 9.59 Å². The molecular formula is C53H57N5O2. The van der Waals surface area contributed by atoms with Gasteiger partial charge in [0.25, 0.3) is 0 Å². The molecule has 0 amide bonds. The number of Topliss-reactive ketones (excluding diaryl/α,β-unsaturated/α-hetero) is 2. The molecule has 7 heteroatoms. The number of aliphatic imine (C=N–C) groups is 2. The van der Waals surface area contributed by atoms with E-state index in [9.17, 15) is 9.59 Å². The second kappa shape index (κ2) is 17.7. The molecule has 0 aliphatic heterocycles. The van der Waals surface area contributed by atoms with E-state index in [1.807, 2.05) is 54.6 Å². The fourth-order valence-electron chi connectivity index (χ4n) is 8.33. The Hall–Kier alpha value is -6.60. The molecule has 2 aliphatic carbocycles. The zero-order valence-corrected chi connectivity index (χ0v) is 36.1. The van der Waals surface area contributed by atoms with Crippen LogP contribution in [0, 0.1) is 21.7 Å². The van der Waals surface area contributed by atoms with Crippen LogP contribution in [0.1, 0.15) is 66.5 Å². The van der Waals surface area contributed by atoms with Crippen molar-refractivity contribution in [2.75, 3.05) is 16.4 Å². The molecular weight excluding hydrogens is 739 g/mol. The summed E-state index contributed by atoms with van der Waals surface area (Å²) in [5.74, 6) is 0.120. The van der Waals surface area contributed by atoms with Gasteiger partial charge in [-0.15, -0.1) is 0 Å². The van der Waals surface area contributed by atoms with E-state index in [1.165, 1.54) is 11.1 Å². The molecule has 0 saturated heterocycles. The van der Waals surface area contributed by atoms with Gasteiger partial charge in [0.2, 0.25) is 0 Å². The summed E-state index contributed by atoms with van der Waals surface area (Å²) in [6, 6.07) is 55.4. The Morgan fingerprint density at radius 1 is 0.400 bits per heavy atom. The Bertz CT molecular complexity index is 2280. The normalized spacial score (nSPS) is 16.3. The van der Waals surface area contributed by atoms with Crippen molar-refractivity contribution in [3.63, 3.8) is 0 Å². The van der Waals surface area contributed by atoms with Crippen LogP contribution in [0.3, 0.4) is 0 Å². The number of nitrogens with two attached hydrogens (primary N) is 1. The minimum absolute atomic E-state index is 0.0602. The van der Waals surface area contributed by atoms with Gasteiger partial charge < -0.3 is 16.4 Å². The first-order valence-electron chi connectivity index (χ1n) is 20.5. The van der Waals surface area contributed by atoms with Crippen LogP contribution in [0.5, 0.6) is 0 Å². The van der Waals surface area contributed by atoms with Crippen LogP contribution in [-0.2, 0) is 16.0 Å². The van der Waals surface area contributed by atoms with Crippen molar-refractivity contribution in [3.8, 4) is 0 Å². The van der Waals surface area contributed by atoms with Crippen molar-refractivity contribution in [3.05, 3.63) is 175 Å². The number of nitrogens with zero attached hydrogens (tertiary/aromatic N) is 2. The van der Waals surface area contributed by atoms with Crippen molar-refractivity contribution in [2.45, 2.75) is 61.8 Å². The van der Waals surface area contributed by atoms with Gasteiger partial charge in [-0.2, -0.15) is 0 Å². The number of rotatable bonds is 8. The van der Waals surface area contributed by atoms with Crippen LogP contribution in [-0.4, -0.2) is 23.0 Å². The van der Waals surface area contributed by atoms with E-state index in [0.29, 0.717) is 0 Å². The first kappa shape index (κ1) is 43.0. The Balaban J connectivity index is 0.000000204. The van der Waals surface area contributed by atoms with Gasteiger partial charge in [-0.3, -0.25) is 19.6 Å². The Kier molecular flexibility index (Phi) is 12.7. The number of nitrogens with one attached hydrogen (secondary N) is 2. The van der Waals surface area contributed by atoms with E-state index in [2.05, 4.69) is 148 Å². The molecule has 2 saturated carbocycles. The Morgan fingerprint density at radius 2 is 0.717 bits per heavy atom. The molecule has 0 unspecified atom stereocenters. The third-order valence-corrected chi connectivity index (χ3v) is 11.2. The lowest BCUT2D eigenvalue weighted by Gasteiger charge is -2.52. The summed E-state index contributed by atoms with van der Waals surface area (Å²) in [4.78, 5) is 32.5. The molecule has 306 valence electrons. The Labute approximate surface area is 355 Å². The predicted molar refractivity (Wildman–Crippen MR) is 252 cm³/mol. The highest BCUT2D eigenvalue weighted by molar-refractivity contribution is 6.34. The standard InChI is InChI=1S/C32H32N4.C13H13N.C8H12O2/c1-31(2)29(35-27-19-15-25(16-20-27)33-23-11-7-5-8-12-23)32(3,4)30(31)36-28-21-17-26(18-22-28)34-24-13-9-6-10-14-24;14-13-8-6-12(7-9-13)10-11-4-2-1-3-5-11;1-7(2)5(9)8(3,4)6(7)10/h5-22,33-34H,1-4H3;1-9H,10,14H2;1-4H3. The van der Waals surface area contributed by atoms with Crippen LogP contribution < -0.4 is 16.4 Å². The van der Waals surface area contributed by atoms with Crippen LogP contribution in [0.15, 0.2) is 174 Å². The molecule has 0 bridgehead atoms. The summed E-state index contributed by atoms with van der Waals surface area (Å²) < 4.78 is 0. The topological polar surface area (TPSA) is 109 Å². The lowest BCUT2D eigenvalue weighted by molar-refractivity contribution is -0.165. The molecule has 6 aromatic carbocycles. The molecule has 0 radical (unpaired) electrons. The van der Waals surface area contributed by atoms with E-state index in [1.54, 1.807) is 27.7 Å². The summed E-state index contributed by atoms with van der Waals surface area (Å²) in [7, 11) is 0. The molecule has 0 spiro atoms. The van der Waals surface area contributed by atoms with Gasteiger partial charge in [0.05, 0.1) is 22.2 Å². The molecule has 2 aliphatic rings. The van der Waals surface area contributed by atoms with Gasteiger partial charge in [-0.25, -0.2) is 0 Å². The number of hydrogen-bond acceptors (Lipinski definition) is 7. The number of para-hydroxylation sites is 2. The second-order valence-corrected chi connectivity index (χ2v) is 17.6. The molecule has 0 heterocycles. The summed E-state index contributed by atoms with van der Waals surface area (Å²) >= 11 is 0. The first-order chi connectivity index (χ1) is 28.5. The molecule has 60 heavy (non-hydrogen) atoms. The number of ketones is 2. The van der Waals surface area contributed by atoms with Crippen LogP contribution in [0.4, 0.5) is 39.8 Å². The molecule has 4 N–H and O–H groups in total. The molecule has 6 aromatic rings. The quantitative estimate of drug-likeness (QED) is 0.105. The minimum atomic E-state index is -0.705. The van der Waals surface area contributed by atoms with E-state index in [0.717, 1.165) is 57.7 Å². The summed E-state index contributed by atoms with van der Waals surface area (Å²) in [6.45, 7) is 15.6. The molecule has 2 fully saturated rings. The highest BCUT2D eigenvalue weighted by Crippen LogP contribution is 2.50. The maximum absolute atomic E-state index is 11.2. The predicted octanol–water partition coefficient (Wildman–Crippen LogP) is 13.1. The Morgan fingerprint density at radius 3 is 1.07 bits per heavy atom. The van der Waals surface area contributed by atoms with Gasteiger partial charge in [0.15, 0.2) is 11.6 Å². The van der Waals surface area contributed by atoms with Gasteiger partial charge in [0, 0.05) is 50.7 Å². The lowest BCUT2D eigenvalue weighted by Crippen LogP contribution is -2.61. The number of carbonyl (C=O) groups excluding carboxylic acids is 2. The summed E-state index contributed by atoms with van der Waals surface area (Å²) in [6.07, 6.45) is 0.973. The SMILES string of the molecule is CC1(C)C(=Nc2ccc(Nc3ccccc3)cc2)C(C)(C)C1=Nc1ccc(Nc2ccccc2)cc1.CC1(C)C(=O)C(C)(C)C1=O.Nc1ccc(Cc2ccccc2)cc1. The molecule has 0 aromatic heterocycles. The third-order valence-electron chi connectivity index (χ3n) is 11.2. The van der Waals surface area contributed by atoms with Crippen molar-refractivity contribution in [1.82, 2.24) is 0 Å². The summed E-state index contributed by atoms with van der Waals surface area (Å²) in [5, 5.41) is 6.85. The third kappa shape index (κ3) is 9.80. The number of benzene rings is 6. The zero-order valence-electron chi connectivity index (χ0n) is 36.1. The largest absolute Gasteiger partial charge is 0.399 e. The van der Waals surface area contributed by atoms with Crippen molar-refractivity contribution in [1.29, 1.82) is 0 Å². The molecule has 0 atom stereocenters. The highest BCUT2D eigenvalue weighted by atomic mass is 16.2. The smallest absolute Gasteiger partial charge is 0.158 e. The molecule has 8 rings (SSSR count). The zero-order chi connectivity index (χ0) is 43.1. The fourth-order valence-corrected chi connectivity index (χ4v) is 8.33. The number of nitrogen functional groups attached to an aromatic ring is 1. The minimum Gasteiger partial charge on any atom is -0.399 e. The highest BCUT2D eigenvalue weighted by Gasteiger charge is 2.61. The average Bonchev–Trinajstić information content (AvgIpc) is 3.24. The second-order valence-electron chi connectivity index (χ2n) is 17.6. The summed E-state index contributed by atoms with van der Waals surface area (Å²) in [5.41, 5.74) is 15.7.